The number of hydrogen-bond acceptors (Lipinski definition) is 5. The monoisotopic (exact) mass is 1020 g/mol. The summed E-state index contributed by atoms with van der Waals surface area (Å²) in [4.78, 5) is 18.1. The fraction of sp³-hybridized carbons (Fsp3) is 0.0411. The van der Waals surface area contributed by atoms with E-state index in [0.29, 0.717) is 11.5 Å². The number of anilines is 10. The van der Waals surface area contributed by atoms with Gasteiger partial charge in [-0.05, 0) is 172 Å². The predicted octanol–water partition coefficient (Wildman–Crippen LogP) is 20.2. The molecular weight excluding hydrogens is 961 g/mol. The quantitative estimate of drug-likeness (QED) is 0.0444. The molecule has 0 spiro atoms. The predicted molar refractivity (Wildman–Crippen MR) is 339 cm³/mol. The Hall–Kier alpha value is -10.5. The van der Waals surface area contributed by atoms with E-state index in [0.717, 1.165) is 62.4 Å². The number of rotatable bonds is 15. The Morgan fingerprint density at radius 2 is 0.658 bits per heavy atom. The second kappa shape index (κ2) is 29.0. The van der Waals surface area contributed by atoms with Gasteiger partial charge in [0.15, 0.2) is 5.84 Å². The zero-order valence-corrected chi connectivity index (χ0v) is 45.0. The van der Waals surface area contributed by atoms with E-state index in [2.05, 4.69) is 263 Å². The Bertz CT molecular complexity index is 3550. The van der Waals surface area contributed by atoms with Gasteiger partial charge in [-0.25, -0.2) is 4.99 Å². The van der Waals surface area contributed by atoms with Crippen LogP contribution >= 0.6 is 0 Å². The van der Waals surface area contributed by atoms with Gasteiger partial charge in [0.25, 0.3) is 0 Å². The van der Waals surface area contributed by atoms with Crippen LogP contribution in [0.4, 0.5) is 56.9 Å². The van der Waals surface area contributed by atoms with Gasteiger partial charge in [-0.1, -0.05) is 181 Å². The molecule has 0 aliphatic carbocycles. The third-order valence-corrected chi connectivity index (χ3v) is 12.3. The highest BCUT2D eigenvalue weighted by Crippen LogP contribution is 2.41. The SMILES string of the molecule is C=CC.C=N/C=C\N=C(C(=C=C=CC)N(c1ccccc1)c1ccc(N(c2ccccc2)c2ccccc2)cc1)N(c1ccccc1)c1ccc(N(c2ccccc2)c2ccc(-c3ccccc3)cc2)cc1.Cc1ccccc1. The summed E-state index contributed by atoms with van der Waals surface area (Å²) in [6, 6.07) is 98.5. The summed E-state index contributed by atoms with van der Waals surface area (Å²) in [7, 11) is 0. The van der Waals surface area contributed by atoms with Gasteiger partial charge >= 0.3 is 0 Å². The molecule has 0 heterocycles. The van der Waals surface area contributed by atoms with Crippen molar-refractivity contribution in [2.75, 3.05) is 19.6 Å². The Morgan fingerprint density at radius 3 is 1.03 bits per heavy atom. The van der Waals surface area contributed by atoms with Crippen LogP contribution in [0.2, 0.25) is 0 Å². The molecule has 10 aromatic rings. The van der Waals surface area contributed by atoms with Crippen LogP contribution in [0.3, 0.4) is 0 Å². The van der Waals surface area contributed by atoms with Crippen molar-refractivity contribution < 1.29 is 0 Å². The number of benzene rings is 10. The summed E-state index contributed by atoms with van der Waals surface area (Å²) < 4.78 is 0. The van der Waals surface area contributed by atoms with Crippen molar-refractivity contribution in [1.82, 2.24) is 0 Å². The molecule has 79 heavy (non-hydrogen) atoms. The minimum absolute atomic E-state index is 0.572. The van der Waals surface area contributed by atoms with Crippen LogP contribution in [-0.4, -0.2) is 12.6 Å². The number of aryl methyl sites for hydroxylation is 1. The summed E-state index contributed by atoms with van der Waals surface area (Å²) in [6.45, 7) is 13.0. The van der Waals surface area contributed by atoms with Crippen LogP contribution in [-0.2, 0) is 0 Å². The molecule has 0 bridgehead atoms. The lowest BCUT2D eigenvalue weighted by Crippen LogP contribution is -2.34. The zero-order valence-electron chi connectivity index (χ0n) is 45.0. The molecule has 0 unspecified atom stereocenters. The Balaban J connectivity index is 0.000000748. The smallest absolute Gasteiger partial charge is 0.171 e. The third-order valence-electron chi connectivity index (χ3n) is 12.3. The van der Waals surface area contributed by atoms with E-state index in [1.807, 2.05) is 98.8 Å². The first-order chi connectivity index (χ1) is 39.0. The maximum absolute atomic E-state index is 5.22. The number of aliphatic imine (C=N–C) groups is 2. The molecular formula is C73H64N6. The van der Waals surface area contributed by atoms with Gasteiger partial charge in [-0.3, -0.25) is 9.89 Å². The third kappa shape index (κ3) is 14.7. The van der Waals surface area contributed by atoms with Crippen molar-refractivity contribution in [2.45, 2.75) is 20.8 Å². The summed E-state index contributed by atoms with van der Waals surface area (Å²) in [5, 5.41) is 0. The van der Waals surface area contributed by atoms with Gasteiger partial charge in [0.2, 0.25) is 0 Å². The molecule has 0 aromatic heterocycles. The lowest BCUT2D eigenvalue weighted by molar-refractivity contribution is 1.19. The highest BCUT2D eigenvalue weighted by atomic mass is 15.3. The van der Waals surface area contributed by atoms with Crippen molar-refractivity contribution in [2.24, 2.45) is 9.98 Å². The highest BCUT2D eigenvalue weighted by Gasteiger charge is 2.27. The first kappa shape index (κ1) is 54.8. The fourth-order valence-electron chi connectivity index (χ4n) is 8.78. The van der Waals surface area contributed by atoms with E-state index in [1.165, 1.54) is 11.1 Å². The molecule has 0 aliphatic rings. The zero-order chi connectivity index (χ0) is 54.9. The fourth-order valence-corrected chi connectivity index (χ4v) is 8.78. The van der Waals surface area contributed by atoms with E-state index < -0.39 is 0 Å². The molecule has 0 aliphatic heterocycles. The molecule has 386 valence electrons. The average molecular weight is 1030 g/mol. The number of para-hydroxylation sites is 5. The summed E-state index contributed by atoms with van der Waals surface area (Å²) in [6.07, 6.45) is 6.87. The number of amidine groups is 1. The van der Waals surface area contributed by atoms with Crippen LogP contribution in [0.15, 0.2) is 343 Å². The van der Waals surface area contributed by atoms with E-state index in [4.69, 9.17) is 4.99 Å². The Kier molecular flexibility index (Phi) is 20.1. The number of hydrogen-bond donors (Lipinski definition) is 0. The summed E-state index contributed by atoms with van der Waals surface area (Å²) in [5.41, 5.74) is 20.9. The first-order valence-electron chi connectivity index (χ1n) is 26.3. The molecule has 0 saturated carbocycles. The second-order valence-electron chi connectivity index (χ2n) is 17.9. The second-order valence-corrected chi connectivity index (χ2v) is 17.9. The van der Waals surface area contributed by atoms with E-state index in [1.54, 1.807) is 18.5 Å². The molecule has 0 N–H and O–H groups in total. The molecule has 0 atom stereocenters. The summed E-state index contributed by atoms with van der Waals surface area (Å²) >= 11 is 0. The van der Waals surface area contributed by atoms with Gasteiger partial charge < -0.3 is 14.7 Å². The normalized spacial score (nSPS) is 10.5. The Morgan fingerprint density at radius 1 is 0.367 bits per heavy atom. The van der Waals surface area contributed by atoms with E-state index in [-0.39, 0.29) is 0 Å². The van der Waals surface area contributed by atoms with Crippen LogP contribution in [0, 0.1) is 6.92 Å². The molecule has 10 rings (SSSR count). The number of allylic oxidation sites excluding steroid dienone is 2. The van der Waals surface area contributed by atoms with Gasteiger partial charge in [0.1, 0.15) is 5.70 Å². The van der Waals surface area contributed by atoms with Gasteiger partial charge in [0, 0.05) is 69.3 Å². The number of nitrogens with zero attached hydrogens (tertiary/aromatic N) is 6. The van der Waals surface area contributed by atoms with Crippen LogP contribution in [0.1, 0.15) is 19.4 Å². The minimum Gasteiger partial charge on any atom is -0.311 e. The van der Waals surface area contributed by atoms with Gasteiger partial charge in [-0.2, -0.15) is 0 Å². The van der Waals surface area contributed by atoms with E-state index in [9.17, 15) is 0 Å². The molecule has 10 aromatic carbocycles. The molecule has 0 radical (unpaired) electrons. The summed E-state index contributed by atoms with van der Waals surface area (Å²) in [5.74, 6) is 0.572. The van der Waals surface area contributed by atoms with Crippen molar-refractivity contribution in [3.05, 3.63) is 339 Å². The minimum atomic E-state index is 0.572. The highest BCUT2D eigenvalue weighted by molar-refractivity contribution is 6.17. The van der Waals surface area contributed by atoms with Crippen LogP contribution < -0.4 is 19.6 Å². The van der Waals surface area contributed by atoms with Crippen molar-refractivity contribution in [3.63, 3.8) is 0 Å². The van der Waals surface area contributed by atoms with Gasteiger partial charge in [0.05, 0.1) is 0 Å². The van der Waals surface area contributed by atoms with Crippen molar-refractivity contribution in [3.8, 4) is 11.1 Å². The van der Waals surface area contributed by atoms with E-state index >= 15 is 0 Å². The lowest BCUT2D eigenvalue weighted by atomic mass is 10.0. The first-order valence-corrected chi connectivity index (χ1v) is 26.3. The molecule has 6 heteroatoms. The largest absolute Gasteiger partial charge is 0.311 e. The Labute approximate surface area is 467 Å². The maximum atomic E-state index is 5.22. The van der Waals surface area contributed by atoms with Crippen LogP contribution in [0.25, 0.3) is 11.1 Å². The average Bonchev–Trinajstić information content (AvgIpc) is 3.51. The van der Waals surface area contributed by atoms with Crippen molar-refractivity contribution >= 4 is 69.4 Å². The van der Waals surface area contributed by atoms with Gasteiger partial charge in [-0.15, -0.1) is 6.58 Å². The molecule has 0 amide bonds. The molecule has 6 nitrogen and oxygen atoms in total. The maximum Gasteiger partial charge on any atom is 0.171 e. The van der Waals surface area contributed by atoms with Crippen LogP contribution in [0.5, 0.6) is 0 Å². The standard InChI is InChI=1S/C63H50N6.C7H8.C3H6/c1-3-4-35-62(68(55-31-19-9-20-32-55)60-44-40-58(41-45-60)66(52-25-13-6-14-26-52)53-27-15-7-16-28-53)63(65-49-48-64-2)69(56-33-21-10-22-34-56)61-46-42-59(43-47-61)67(54-29-17-8-18-30-54)57-38-36-51(37-39-57)50-23-11-5-12-24-50;1-7-5-3-2-4-6-7;1-3-2/h3,5-34,36-49H,2H2,1H3;2-6H,1H3;3H,1H2,2H3/b49-48-,62-3?,65-63?;;. The molecule has 0 fully saturated rings. The molecule has 0 saturated heterocycles. The van der Waals surface area contributed by atoms with Crippen molar-refractivity contribution in [1.29, 1.82) is 0 Å². The lowest BCUT2D eigenvalue weighted by Gasteiger charge is -2.33. The topological polar surface area (TPSA) is 37.7 Å².